The van der Waals surface area contributed by atoms with Gasteiger partial charge in [-0.1, -0.05) is 6.92 Å². The lowest BCUT2D eigenvalue weighted by Gasteiger charge is -1.97. The van der Waals surface area contributed by atoms with Gasteiger partial charge in [-0.05, 0) is 13.3 Å². The van der Waals surface area contributed by atoms with Crippen molar-refractivity contribution in [2.75, 3.05) is 0 Å². The van der Waals surface area contributed by atoms with Crippen LogP contribution in [0.3, 0.4) is 0 Å². The Balaban J connectivity index is 4.56. The Labute approximate surface area is 49.9 Å². The fourth-order valence-corrected chi connectivity index (χ4v) is 0.620. The molecular weight excluding hydrogens is 126 g/mol. The van der Waals surface area contributed by atoms with Crippen LogP contribution < -0.4 is 5.14 Å². The van der Waals surface area contributed by atoms with Gasteiger partial charge in [0.25, 0.3) is 0 Å². The molecule has 0 aliphatic carbocycles. The van der Waals surface area contributed by atoms with Crippen LogP contribution in [0.2, 0.25) is 0 Å². The van der Waals surface area contributed by atoms with Gasteiger partial charge in [-0.3, -0.25) is 0 Å². The summed E-state index contributed by atoms with van der Waals surface area (Å²) in [5.41, 5.74) is 0. The van der Waals surface area contributed by atoms with Crippen molar-refractivity contribution in [3.63, 3.8) is 0 Å². The first-order valence-corrected chi connectivity index (χ1v) is 3.93. The van der Waals surface area contributed by atoms with Crippen LogP contribution in [0.15, 0.2) is 0 Å². The van der Waals surface area contributed by atoms with E-state index >= 15 is 0 Å². The van der Waals surface area contributed by atoms with E-state index < -0.39 is 9.99 Å². The van der Waals surface area contributed by atoms with Gasteiger partial charge in [0.1, 0.15) is 9.99 Å². The maximum Gasteiger partial charge on any atom is 0.141 e. The SMILES string of the molecule is CCC(C)=S(N)(=O)O. The van der Waals surface area contributed by atoms with Crippen LogP contribution >= 0.6 is 0 Å². The van der Waals surface area contributed by atoms with Crippen molar-refractivity contribution >= 4 is 14.9 Å². The predicted octanol–water partition coefficient (Wildman–Crippen LogP) is 0.220. The van der Waals surface area contributed by atoms with Crippen LogP contribution in [0.5, 0.6) is 0 Å². The van der Waals surface area contributed by atoms with Gasteiger partial charge in [0.15, 0.2) is 0 Å². The smallest absolute Gasteiger partial charge is 0.141 e. The zero-order valence-corrected chi connectivity index (χ0v) is 5.86. The van der Waals surface area contributed by atoms with Crippen molar-refractivity contribution in [2.24, 2.45) is 5.14 Å². The van der Waals surface area contributed by atoms with Crippen LogP contribution in [-0.4, -0.2) is 13.6 Å². The zero-order valence-electron chi connectivity index (χ0n) is 5.05. The van der Waals surface area contributed by atoms with Crippen LogP contribution in [0, 0.1) is 0 Å². The van der Waals surface area contributed by atoms with E-state index in [4.69, 9.17) is 9.69 Å². The van der Waals surface area contributed by atoms with E-state index in [1.807, 2.05) is 0 Å². The van der Waals surface area contributed by atoms with Gasteiger partial charge in [0, 0.05) is 4.86 Å². The second-order valence-electron chi connectivity index (χ2n) is 1.62. The molecule has 8 heavy (non-hydrogen) atoms. The highest BCUT2D eigenvalue weighted by molar-refractivity contribution is 7.95. The molecule has 0 heterocycles. The minimum absolute atomic E-state index is 0.442. The quantitative estimate of drug-likeness (QED) is 0.508. The highest BCUT2D eigenvalue weighted by Crippen LogP contribution is 1.85. The van der Waals surface area contributed by atoms with Gasteiger partial charge in [-0.25, -0.2) is 9.35 Å². The molecule has 0 bridgehead atoms. The third kappa shape index (κ3) is 2.30. The molecule has 0 aromatic heterocycles. The summed E-state index contributed by atoms with van der Waals surface area (Å²) in [6.45, 7) is 3.36. The van der Waals surface area contributed by atoms with Gasteiger partial charge in [0.2, 0.25) is 0 Å². The van der Waals surface area contributed by atoms with Crippen molar-refractivity contribution in [3.05, 3.63) is 0 Å². The summed E-state index contributed by atoms with van der Waals surface area (Å²) in [4.78, 5) is 0.442. The molecule has 3 N–H and O–H groups in total. The summed E-state index contributed by atoms with van der Waals surface area (Å²) in [5, 5.41) is 4.84. The Bertz CT molecular complexity index is 170. The third-order valence-corrected chi connectivity index (χ3v) is 2.28. The topological polar surface area (TPSA) is 63.3 Å². The molecule has 0 radical (unpaired) electrons. The summed E-state index contributed by atoms with van der Waals surface area (Å²) in [6.07, 6.45) is 0.561. The van der Waals surface area contributed by atoms with Crippen molar-refractivity contribution in [1.82, 2.24) is 0 Å². The summed E-state index contributed by atoms with van der Waals surface area (Å²) in [7, 11) is -3.09. The summed E-state index contributed by atoms with van der Waals surface area (Å²) < 4.78 is 19.0. The monoisotopic (exact) mass is 137 g/mol. The Morgan fingerprint density at radius 2 is 2.25 bits per heavy atom. The second kappa shape index (κ2) is 2.48. The molecule has 4 heteroatoms. The number of rotatable bonds is 1. The van der Waals surface area contributed by atoms with Crippen LogP contribution in [0.25, 0.3) is 0 Å². The van der Waals surface area contributed by atoms with Crippen molar-refractivity contribution in [2.45, 2.75) is 20.3 Å². The Kier molecular flexibility index (Phi) is 2.46. The molecule has 0 fully saturated rings. The standard InChI is InChI=1S/C4H11NO2S/c1-3-4(2)8(5,6)7/h3H2,1-2H3,(H3,5,6,7). The van der Waals surface area contributed by atoms with E-state index in [1.165, 1.54) is 0 Å². The number of nitrogens with two attached hydrogens (primary N) is 1. The minimum atomic E-state index is -3.09. The molecule has 1 unspecified atom stereocenters. The average molecular weight is 137 g/mol. The van der Waals surface area contributed by atoms with Gasteiger partial charge >= 0.3 is 0 Å². The normalized spacial score (nSPS) is 17.5. The molecule has 3 nitrogen and oxygen atoms in total. The third-order valence-electron chi connectivity index (χ3n) is 0.997. The van der Waals surface area contributed by atoms with Gasteiger partial charge in [-0.15, -0.1) is 0 Å². The maximum atomic E-state index is 10.4. The van der Waals surface area contributed by atoms with Crippen molar-refractivity contribution in [1.29, 1.82) is 0 Å². The fraction of sp³-hybridized carbons (Fsp3) is 0.750. The first-order valence-electron chi connectivity index (χ1n) is 2.35. The van der Waals surface area contributed by atoms with Crippen molar-refractivity contribution < 1.29 is 8.76 Å². The summed E-state index contributed by atoms with van der Waals surface area (Å²) in [5.74, 6) is 0. The molecule has 0 saturated carbocycles. The molecule has 0 rings (SSSR count). The van der Waals surface area contributed by atoms with E-state index in [0.29, 0.717) is 11.3 Å². The Morgan fingerprint density at radius 3 is 2.25 bits per heavy atom. The van der Waals surface area contributed by atoms with Gasteiger partial charge < -0.3 is 4.55 Å². The number of hydrogen-bond donors (Lipinski definition) is 2. The lowest BCUT2D eigenvalue weighted by Crippen LogP contribution is -2.18. The maximum absolute atomic E-state index is 10.4. The molecule has 0 spiro atoms. The second-order valence-corrected chi connectivity index (χ2v) is 3.46. The average Bonchev–Trinajstić information content (AvgIpc) is 1.62. The Morgan fingerprint density at radius 1 is 1.88 bits per heavy atom. The highest BCUT2D eigenvalue weighted by Gasteiger charge is 1.95. The molecule has 0 aliphatic rings. The highest BCUT2D eigenvalue weighted by atomic mass is 32.2. The van der Waals surface area contributed by atoms with Gasteiger partial charge in [-0.2, -0.15) is 0 Å². The lowest BCUT2D eigenvalue weighted by atomic mass is 10.4. The predicted molar refractivity (Wildman–Crippen MR) is 35.9 cm³/mol. The lowest BCUT2D eigenvalue weighted by molar-refractivity contribution is 0.560. The molecule has 50 valence electrons. The molecule has 1 atom stereocenters. The largest absolute Gasteiger partial charge is 0.302 e. The molecule has 0 saturated heterocycles. The summed E-state index contributed by atoms with van der Waals surface area (Å²) >= 11 is 0. The first-order chi connectivity index (χ1) is 3.48. The first kappa shape index (κ1) is 7.94. The van der Waals surface area contributed by atoms with Crippen LogP contribution in [0.1, 0.15) is 20.3 Å². The number of hydrogen-bond acceptors (Lipinski definition) is 1. The molecule has 0 aliphatic heterocycles. The van der Waals surface area contributed by atoms with E-state index in [-0.39, 0.29) is 0 Å². The summed E-state index contributed by atoms with van der Waals surface area (Å²) in [6, 6.07) is 0. The zero-order chi connectivity index (χ0) is 6.78. The molecule has 0 amide bonds. The van der Waals surface area contributed by atoms with Crippen molar-refractivity contribution in [3.8, 4) is 0 Å². The molecular formula is C4H11NO2S. The van der Waals surface area contributed by atoms with Crippen LogP contribution in [-0.2, 0) is 9.99 Å². The molecule has 0 aromatic rings. The fourth-order valence-electron chi connectivity index (χ4n) is 0.207. The van der Waals surface area contributed by atoms with E-state index in [9.17, 15) is 4.21 Å². The Hall–Kier alpha value is -0.0600. The van der Waals surface area contributed by atoms with E-state index in [2.05, 4.69) is 0 Å². The van der Waals surface area contributed by atoms with Gasteiger partial charge in [0.05, 0.1) is 0 Å². The molecule has 0 aromatic carbocycles. The van der Waals surface area contributed by atoms with E-state index in [0.717, 1.165) is 0 Å². The minimum Gasteiger partial charge on any atom is -0.302 e. The van der Waals surface area contributed by atoms with Crippen LogP contribution in [0.4, 0.5) is 0 Å². The van der Waals surface area contributed by atoms with E-state index in [1.54, 1.807) is 13.8 Å².